The Kier molecular flexibility index (Phi) is 2.49. The Hall–Kier alpha value is -0.530. The molecule has 3 heteroatoms. The molecular formula is C13H12Cl2O. The third kappa shape index (κ3) is 1.49. The van der Waals surface area contributed by atoms with E-state index in [0.29, 0.717) is 27.4 Å². The summed E-state index contributed by atoms with van der Waals surface area (Å²) in [5.41, 5.74) is 0.605. The molecule has 0 radical (unpaired) electrons. The lowest BCUT2D eigenvalue weighted by atomic mass is 10.0. The van der Waals surface area contributed by atoms with Crippen LogP contribution in [0.4, 0.5) is 0 Å². The van der Waals surface area contributed by atoms with Gasteiger partial charge in [-0.2, -0.15) is 0 Å². The van der Waals surface area contributed by atoms with Crippen LogP contribution in [-0.4, -0.2) is 5.78 Å². The van der Waals surface area contributed by atoms with E-state index in [0.717, 1.165) is 0 Å². The van der Waals surface area contributed by atoms with E-state index < -0.39 is 0 Å². The van der Waals surface area contributed by atoms with Crippen molar-refractivity contribution in [2.75, 3.05) is 0 Å². The van der Waals surface area contributed by atoms with Gasteiger partial charge in [0.2, 0.25) is 0 Å². The normalized spacial score (nSPS) is 31.2. The van der Waals surface area contributed by atoms with E-state index >= 15 is 0 Å². The highest BCUT2D eigenvalue weighted by Gasteiger charge is 2.56. The van der Waals surface area contributed by atoms with Gasteiger partial charge in [-0.3, -0.25) is 4.79 Å². The van der Waals surface area contributed by atoms with Gasteiger partial charge in [-0.1, -0.05) is 35.7 Å². The highest BCUT2D eigenvalue weighted by atomic mass is 35.5. The van der Waals surface area contributed by atoms with Gasteiger partial charge in [0.15, 0.2) is 5.78 Å². The SMILES string of the molecule is O=C(c1cccc(Cl)c1Cl)C1C2CCCC21. The Morgan fingerprint density at radius 2 is 1.88 bits per heavy atom. The van der Waals surface area contributed by atoms with Gasteiger partial charge in [-0.25, -0.2) is 0 Å². The van der Waals surface area contributed by atoms with Crippen molar-refractivity contribution in [3.8, 4) is 0 Å². The maximum absolute atomic E-state index is 12.3. The van der Waals surface area contributed by atoms with Gasteiger partial charge in [-0.15, -0.1) is 0 Å². The molecule has 1 aromatic carbocycles. The van der Waals surface area contributed by atoms with Crippen molar-refractivity contribution in [2.24, 2.45) is 17.8 Å². The molecule has 2 fully saturated rings. The molecule has 0 saturated heterocycles. The van der Waals surface area contributed by atoms with Crippen LogP contribution in [0.1, 0.15) is 29.6 Å². The topological polar surface area (TPSA) is 17.1 Å². The minimum atomic E-state index is 0.196. The Morgan fingerprint density at radius 3 is 2.56 bits per heavy atom. The number of rotatable bonds is 2. The third-order valence-electron chi connectivity index (χ3n) is 3.93. The molecule has 3 rings (SSSR count). The van der Waals surface area contributed by atoms with E-state index in [1.807, 2.05) is 0 Å². The van der Waals surface area contributed by atoms with Crippen molar-refractivity contribution in [3.05, 3.63) is 33.8 Å². The van der Waals surface area contributed by atoms with E-state index in [1.165, 1.54) is 19.3 Å². The van der Waals surface area contributed by atoms with Crippen LogP contribution in [0, 0.1) is 17.8 Å². The smallest absolute Gasteiger partial charge is 0.168 e. The van der Waals surface area contributed by atoms with Gasteiger partial charge in [0.25, 0.3) is 0 Å². The predicted molar refractivity (Wildman–Crippen MR) is 65.1 cm³/mol. The molecule has 1 nitrogen and oxygen atoms in total. The highest BCUT2D eigenvalue weighted by Crippen LogP contribution is 2.58. The van der Waals surface area contributed by atoms with Gasteiger partial charge < -0.3 is 0 Å². The number of ketones is 1. The first-order chi connectivity index (χ1) is 7.70. The molecule has 0 N–H and O–H groups in total. The van der Waals surface area contributed by atoms with Crippen LogP contribution in [0.25, 0.3) is 0 Å². The molecule has 2 atom stereocenters. The van der Waals surface area contributed by atoms with Crippen molar-refractivity contribution >= 4 is 29.0 Å². The van der Waals surface area contributed by atoms with Gasteiger partial charge >= 0.3 is 0 Å². The monoisotopic (exact) mass is 254 g/mol. The fourth-order valence-electron chi connectivity index (χ4n) is 3.08. The van der Waals surface area contributed by atoms with Crippen LogP contribution in [0.15, 0.2) is 18.2 Å². The molecule has 0 aromatic heterocycles. The molecule has 0 amide bonds. The maximum atomic E-state index is 12.3. The molecule has 2 saturated carbocycles. The summed E-state index contributed by atoms with van der Waals surface area (Å²) in [4.78, 5) is 12.3. The van der Waals surface area contributed by atoms with E-state index in [1.54, 1.807) is 18.2 Å². The molecule has 2 aliphatic carbocycles. The van der Waals surface area contributed by atoms with Crippen molar-refractivity contribution in [1.29, 1.82) is 0 Å². The fourth-order valence-corrected chi connectivity index (χ4v) is 3.48. The summed E-state index contributed by atoms with van der Waals surface area (Å²) < 4.78 is 0. The zero-order valence-corrected chi connectivity index (χ0v) is 10.3. The second kappa shape index (κ2) is 3.75. The molecule has 16 heavy (non-hydrogen) atoms. The zero-order valence-electron chi connectivity index (χ0n) is 8.75. The summed E-state index contributed by atoms with van der Waals surface area (Å²) in [6, 6.07) is 5.29. The van der Waals surface area contributed by atoms with Gasteiger partial charge in [0.1, 0.15) is 0 Å². The summed E-state index contributed by atoms with van der Waals surface area (Å²) >= 11 is 12.0. The lowest BCUT2D eigenvalue weighted by molar-refractivity contribution is 0.0952. The standard InChI is InChI=1S/C13H12Cl2O/c14-10-6-2-5-9(12(10)15)13(16)11-7-3-1-4-8(7)11/h2,5-8,11H,1,3-4H2. The molecule has 0 aliphatic heterocycles. The molecule has 0 bridgehead atoms. The summed E-state index contributed by atoms with van der Waals surface area (Å²) in [5, 5.41) is 0.887. The second-order valence-corrected chi connectivity index (χ2v) is 5.54. The predicted octanol–water partition coefficient (Wildman–Crippen LogP) is 4.22. The molecular weight excluding hydrogens is 243 g/mol. The Morgan fingerprint density at radius 1 is 1.19 bits per heavy atom. The van der Waals surface area contributed by atoms with Crippen LogP contribution >= 0.6 is 23.2 Å². The van der Waals surface area contributed by atoms with E-state index in [2.05, 4.69) is 0 Å². The zero-order chi connectivity index (χ0) is 11.3. The minimum Gasteiger partial charge on any atom is -0.294 e. The first-order valence-electron chi connectivity index (χ1n) is 5.68. The number of Topliss-reactive ketones (excluding diaryl/α,β-unsaturated/α-hetero) is 1. The molecule has 84 valence electrons. The van der Waals surface area contributed by atoms with E-state index in [4.69, 9.17) is 23.2 Å². The lowest BCUT2D eigenvalue weighted by Crippen LogP contribution is -2.07. The minimum absolute atomic E-state index is 0.196. The average molecular weight is 255 g/mol. The third-order valence-corrected chi connectivity index (χ3v) is 4.75. The summed E-state index contributed by atoms with van der Waals surface area (Å²) in [5.74, 6) is 1.68. The highest BCUT2D eigenvalue weighted by molar-refractivity contribution is 6.44. The van der Waals surface area contributed by atoms with Gasteiger partial charge in [-0.05, 0) is 36.8 Å². The number of benzene rings is 1. The van der Waals surface area contributed by atoms with E-state index in [-0.39, 0.29) is 11.7 Å². The summed E-state index contributed by atoms with van der Waals surface area (Å²) in [6.07, 6.45) is 3.70. The first-order valence-corrected chi connectivity index (χ1v) is 6.44. The number of carbonyl (C=O) groups is 1. The quantitative estimate of drug-likeness (QED) is 0.723. The Bertz CT molecular complexity index is 445. The lowest BCUT2D eigenvalue weighted by Gasteiger charge is -2.06. The molecule has 0 spiro atoms. The largest absolute Gasteiger partial charge is 0.294 e. The summed E-state index contributed by atoms with van der Waals surface area (Å²) in [7, 11) is 0. The van der Waals surface area contributed by atoms with Crippen LogP contribution in [0.3, 0.4) is 0 Å². The Labute approximate surface area is 105 Å². The van der Waals surface area contributed by atoms with Gasteiger partial charge in [0, 0.05) is 11.5 Å². The van der Waals surface area contributed by atoms with Crippen molar-refractivity contribution < 1.29 is 4.79 Å². The Balaban J connectivity index is 1.88. The number of hydrogen-bond donors (Lipinski definition) is 0. The number of fused-ring (bicyclic) bond motifs is 1. The second-order valence-electron chi connectivity index (χ2n) is 4.75. The van der Waals surface area contributed by atoms with Crippen LogP contribution in [0.5, 0.6) is 0 Å². The van der Waals surface area contributed by atoms with Crippen LogP contribution in [-0.2, 0) is 0 Å². The molecule has 1 aromatic rings. The van der Waals surface area contributed by atoms with Crippen LogP contribution in [0.2, 0.25) is 10.0 Å². The number of halogens is 2. The summed E-state index contributed by atoms with van der Waals surface area (Å²) in [6.45, 7) is 0. The fraction of sp³-hybridized carbons (Fsp3) is 0.462. The molecule has 0 heterocycles. The van der Waals surface area contributed by atoms with Crippen molar-refractivity contribution in [1.82, 2.24) is 0 Å². The molecule has 2 aliphatic rings. The first kappa shape index (κ1) is 10.6. The van der Waals surface area contributed by atoms with Gasteiger partial charge in [0.05, 0.1) is 10.0 Å². The van der Waals surface area contributed by atoms with E-state index in [9.17, 15) is 4.79 Å². The number of carbonyl (C=O) groups excluding carboxylic acids is 1. The van der Waals surface area contributed by atoms with Crippen molar-refractivity contribution in [2.45, 2.75) is 19.3 Å². The molecule has 2 unspecified atom stereocenters. The van der Waals surface area contributed by atoms with Crippen LogP contribution < -0.4 is 0 Å². The van der Waals surface area contributed by atoms with Crippen molar-refractivity contribution in [3.63, 3.8) is 0 Å². The average Bonchev–Trinajstić information content (AvgIpc) is 2.75. The number of hydrogen-bond acceptors (Lipinski definition) is 1. The maximum Gasteiger partial charge on any atom is 0.168 e.